The number of rotatable bonds is 11. The van der Waals surface area contributed by atoms with E-state index >= 15 is 0 Å². The van der Waals surface area contributed by atoms with Crippen LogP contribution in [-0.2, 0) is 22.6 Å². The van der Waals surface area contributed by atoms with Crippen LogP contribution in [0, 0.1) is 0 Å². The highest BCUT2D eigenvalue weighted by Crippen LogP contribution is 2.35. The summed E-state index contributed by atoms with van der Waals surface area (Å²) in [6, 6.07) is 16.6. The first-order valence-corrected chi connectivity index (χ1v) is 14.1. The average Bonchev–Trinajstić information content (AvgIpc) is 3.54. The van der Waals surface area contributed by atoms with E-state index < -0.39 is 0 Å². The van der Waals surface area contributed by atoms with Crippen molar-refractivity contribution < 1.29 is 19.1 Å². The summed E-state index contributed by atoms with van der Waals surface area (Å²) in [5, 5.41) is 4.42. The minimum Gasteiger partial charge on any atom is -0.379 e. The summed E-state index contributed by atoms with van der Waals surface area (Å²) < 4.78 is 13.6. The molecule has 2 aromatic carbocycles. The van der Waals surface area contributed by atoms with Gasteiger partial charge in [0.05, 0.1) is 46.8 Å². The lowest BCUT2D eigenvalue weighted by atomic mass is 10.1. The molecule has 1 amide bonds. The van der Waals surface area contributed by atoms with Gasteiger partial charge in [0.25, 0.3) is 11.5 Å². The number of aromatic nitrogens is 1. The lowest BCUT2D eigenvalue weighted by Gasteiger charge is -2.13. The third-order valence-corrected chi connectivity index (χ3v) is 8.32. The average molecular weight is 548 g/mol. The number of pyridine rings is 1. The summed E-state index contributed by atoms with van der Waals surface area (Å²) in [5.74, 6) is -0.356. The second kappa shape index (κ2) is 12.2. The van der Waals surface area contributed by atoms with Crippen LogP contribution in [0.3, 0.4) is 0 Å². The zero-order valence-electron chi connectivity index (χ0n) is 22.3. The molecule has 8 nitrogen and oxygen atoms in total. The predicted octanol–water partition coefficient (Wildman–Crippen LogP) is 4.09. The molecule has 0 aliphatic carbocycles. The molecule has 0 spiro atoms. The molecule has 1 aliphatic heterocycles. The Hall–Kier alpha value is -3.37. The van der Waals surface area contributed by atoms with E-state index in [4.69, 9.17) is 9.47 Å². The van der Waals surface area contributed by atoms with Crippen molar-refractivity contribution in [2.24, 2.45) is 0 Å². The van der Waals surface area contributed by atoms with Crippen molar-refractivity contribution in [2.45, 2.75) is 32.5 Å². The van der Waals surface area contributed by atoms with E-state index in [1.54, 1.807) is 24.3 Å². The molecule has 204 valence electrons. The summed E-state index contributed by atoms with van der Waals surface area (Å²) >= 11 is 1.32. The van der Waals surface area contributed by atoms with Crippen molar-refractivity contribution in [1.82, 2.24) is 14.8 Å². The zero-order valence-corrected chi connectivity index (χ0v) is 23.1. The predicted molar refractivity (Wildman–Crippen MR) is 154 cm³/mol. The van der Waals surface area contributed by atoms with E-state index in [1.807, 2.05) is 44.3 Å². The molecule has 1 aliphatic rings. The van der Waals surface area contributed by atoms with Crippen LogP contribution >= 0.6 is 11.3 Å². The maximum atomic E-state index is 14.1. The number of thiophene rings is 1. The molecule has 1 atom stereocenters. The number of amides is 1. The summed E-state index contributed by atoms with van der Waals surface area (Å²) in [7, 11) is 2.04. The molecule has 0 saturated carbocycles. The van der Waals surface area contributed by atoms with Crippen LogP contribution in [0.1, 0.15) is 38.9 Å². The van der Waals surface area contributed by atoms with E-state index in [1.165, 1.54) is 15.9 Å². The lowest BCUT2D eigenvalue weighted by molar-refractivity contribution is 0.0454. The smallest absolute Gasteiger partial charge is 0.262 e. The number of carbonyl (C=O) groups is 2. The number of Topliss-reactive ketones (excluding diaryl/α,β-unsaturated/α-hetero) is 1. The third kappa shape index (κ3) is 5.81. The second-order valence-electron chi connectivity index (χ2n) is 9.78. The van der Waals surface area contributed by atoms with Crippen molar-refractivity contribution >= 4 is 44.0 Å². The number of carbonyl (C=O) groups excluding carboxylic acids is 2. The standard InChI is InChI=1S/C30H33N3O5S/c1-3-37-15-16-38-19-23-26-27(39-28(23)29(35)31-21-13-14-32(2)17-21)22-11-7-8-12-24(22)33(30(26)36)18-25(34)20-9-5-4-6-10-20/h4-12,21H,3,13-19H2,1-2H3,(H,31,35). The monoisotopic (exact) mass is 547 g/mol. The highest BCUT2D eigenvalue weighted by atomic mass is 32.1. The van der Waals surface area contributed by atoms with Gasteiger partial charge in [-0.1, -0.05) is 48.5 Å². The van der Waals surface area contributed by atoms with Crippen LogP contribution in [0.25, 0.3) is 21.0 Å². The van der Waals surface area contributed by atoms with Crippen molar-refractivity contribution in [3.8, 4) is 0 Å². The van der Waals surface area contributed by atoms with Crippen LogP contribution < -0.4 is 10.9 Å². The first-order valence-electron chi connectivity index (χ1n) is 13.3. The fraction of sp³-hybridized carbons (Fsp3) is 0.367. The van der Waals surface area contributed by atoms with Gasteiger partial charge in [0.2, 0.25) is 0 Å². The van der Waals surface area contributed by atoms with E-state index in [-0.39, 0.29) is 36.4 Å². The van der Waals surface area contributed by atoms with Crippen LogP contribution in [0.4, 0.5) is 0 Å². The number of benzene rings is 2. The van der Waals surface area contributed by atoms with Gasteiger partial charge in [0.1, 0.15) is 0 Å². The molecular weight excluding hydrogens is 514 g/mol. The fourth-order valence-electron chi connectivity index (χ4n) is 5.10. The minimum absolute atomic E-state index is 0.0522. The number of nitrogens with one attached hydrogen (secondary N) is 1. The fourth-order valence-corrected chi connectivity index (χ4v) is 6.34. The van der Waals surface area contributed by atoms with Gasteiger partial charge in [-0.3, -0.25) is 19.0 Å². The largest absolute Gasteiger partial charge is 0.379 e. The number of ketones is 1. The van der Waals surface area contributed by atoms with Crippen LogP contribution in [0.15, 0.2) is 59.4 Å². The Morgan fingerprint density at radius 3 is 2.54 bits per heavy atom. The number of ether oxygens (including phenoxy) is 2. The Labute approximate surface area is 231 Å². The molecule has 4 aromatic rings. The van der Waals surface area contributed by atoms with Gasteiger partial charge in [-0.25, -0.2) is 0 Å². The number of nitrogens with zero attached hydrogens (tertiary/aromatic N) is 2. The van der Waals surface area contributed by atoms with Gasteiger partial charge in [0, 0.05) is 35.7 Å². The van der Waals surface area contributed by atoms with Crippen LogP contribution in [0.5, 0.6) is 0 Å². The molecule has 2 aromatic heterocycles. The highest BCUT2D eigenvalue weighted by molar-refractivity contribution is 7.22. The van der Waals surface area contributed by atoms with E-state index in [0.717, 1.165) is 29.6 Å². The Morgan fingerprint density at radius 2 is 1.79 bits per heavy atom. The van der Waals surface area contributed by atoms with Crippen molar-refractivity contribution in [2.75, 3.05) is 40.0 Å². The summed E-state index contributed by atoms with van der Waals surface area (Å²) in [6.45, 7) is 4.97. The molecule has 1 fully saturated rings. The summed E-state index contributed by atoms with van der Waals surface area (Å²) in [6.07, 6.45) is 0.880. The Morgan fingerprint density at radius 1 is 1.05 bits per heavy atom. The Bertz CT molecular complexity index is 1550. The van der Waals surface area contributed by atoms with E-state index in [2.05, 4.69) is 10.2 Å². The number of para-hydroxylation sites is 1. The first-order chi connectivity index (χ1) is 19.0. The Balaban J connectivity index is 1.61. The quantitative estimate of drug-likeness (QED) is 0.225. The summed E-state index contributed by atoms with van der Waals surface area (Å²) in [4.78, 5) is 43.5. The topological polar surface area (TPSA) is 89.9 Å². The van der Waals surface area contributed by atoms with Gasteiger partial charge < -0.3 is 19.7 Å². The van der Waals surface area contributed by atoms with E-state index in [0.29, 0.717) is 46.7 Å². The molecule has 3 heterocycles. The van der Waals surface area contributed by atoms with Crippen molar-refractivity contribution in [1.29, 1.82) is 0 Å². The minimum atomic E-state index is -0.299. The molecule has 39 heavy (non-hydrogen) atoms. The van der Waals surface area contributed by atoms with Gasteiger partial charge in [-0.15, -0.1) is 11.3 Å². The van der Waals surface area contributed by atoms with Gasteiger partial charge >= 0.3 is 0 Å². The number of hydrogen-bond donors (Lipinski definition) is 1. The molecule has 0 radical (unpaired) electrons. The maximum absolute atomic E-state index is 14.1. The molecule has 5 rings (SSSR count). The number of fused-ring (bicyclic) bond motifs is 3. The molecule has 9 heteroatoms. The molecular formula is C30H33N3O5S. The maximum Gasteiger partial charge on any atom is 0.262 e. The normalized spacial score (nSPS) is 15.8. The van der Waals surface area contributed by atoms with Crippen LogP contribution in [-0.4, -0.2) is 67.2 Å². The number of hydrogen-bond acceptors (Lipinski definition) is 7. The molecule has 1 saturated heterocycles. The molecule has 0 bridgehead atoms. The molecule has 1 N–H and O–H groups in total. The SMILES string of the molecule is CCOCCOCc1c(C(=O)NC2CCN(C)C2)sc2c1c(=O)n(CC(=O)c1ccccc1)c1ccccc21. The first kappa shape index (κ1) is 27.2. The number of likely N-dealkylation sites (N-methyl/N-ethyl adjacent to an activating group) is 1. The summed E-state index contributed by atoms with van der Waals surface area (Å²) in [5.41, 5.74) is 1.47. The van der Waals surface area contributed by atoms with Gasteiger partial charge in [-0.05, 0) is 33.0 Å². The zero-order chi connectivity index (χ0) is 27.4. The van der Waals surface area contributed by atoms with Crippen molar-refractivity contribution in [3.05, 3.63) is 81.0 Å². The number of likely N-dealkylation sites (tertiary alicyclic amines) is 1. The lowest BCUT2D eigenvalue weighted by Crippen LogP contribution is -2.36. The van der Waals surface area contributed by atoms with E-state index in [9.17, 15) is 14.4 Å². The highest BCUT2D eigenvalue weighted by Gasteiger charge is 2.27. The van der Waals surface area contributed by atoms with Gasteiger partial charge in [0.15, 0.2) is 5.78 Å². The van der Waals surface area contributed by atoms with Crippen molar-refractivity contribution in [3.63, 3.8) is 0 Å². The molecule has 1 unspecified atom stereocenters. The second-order valence-corrected chi connectivity index (χ2v) is 10.8. The third-order valence-electron chi connectivity index (χ3n) is 7.06. The van der Waals surface area contributed by atoms with Gasteiger partial charge in [-0.2, -0.15) is 0 Å². The van der Waals surface area contributed by atoms with Crippen LogP contribution in [0.2, 0.25) is 0 Å². The Kier molecular flexibility index (Phi) is 8.52.